The summed E-state index contributed by atoms with van der Waals surface area (Å²) in [6.45, 7) is -0.181. The number of nitrogens with zero attached hydrogens (tertiary/aromatic N) is 2. The number of methoxy groups -OCH3 is 2. The number of benzene rings is 1. The second-order valence-electron chi connectivity index (χ2n) is 4.14. The zero-order valence-electron chi connectivity index (χ0n) is 11.3. The molecule has 2 rings (SSSR count). The first kappa shape index (κ1) is 14.3. The molecular formula is C13H16N2O5. The Balaban J connectivity index is 2.31. The number of ether oxygens (including phenoxy) is 2. The van der Waals surface area contributed by atoms with Crippen LogP contribution in [0, 0.1) is 0 Å². The van der Waals surface area contributed by atoms with Crippen LogP contribution in [0.2, 0.25) is 0 Å². The highest BCUT2D eigenvalue weighted by Gasteiger charge is 2.43. The van der Waals surface area contributed by atoms with Crippen LogP contribution >= 0.6 is 0 Å². The third kappa shape index (κ3) is 2.73. The summed E-state index contributed by atoms with van der Waals surface area (Å²) in [5, 5.41) is 1.13. The Morgan fingerprint density at radius 2 is 2.00 bits per heavy atom. The minimum absolute atomic E-state index is 0.0793. The highest BCUT2D eigenvalue weighted by atomic mass is 16.8. The van der Waals surface area contributed by atoms with E-state index in [0.717, 1.165) is 10.6 Å². The highest BCUT2D eigenvalue weighted by Crippen LogP contribution is 2.31. The Kier molecular flexibility index (Phi) is 4.54. The Bertz CT molecular complexity index is 479. The Hall–Kier alpha value is -2.12. The molecule has 108 valence electrons. The Labute approximate surface area is 116 Å². The molecule has 1 saturated heterocycles. The normalized spacial score (nSPS) is 18.5. The SMILES string of the molecule is COCON1C(=O)CN(C(=O)OC)C1c1ccccc1. The molecular weight excluding hydrogens is 264 g/mol. The van der Waals surface area contributed by atoms with E-state index in [1.165, 1.54) is 19.1 Å². The van der Waals surface area contributed by atoms with Crippen LogP contribution in [-0.2, 0) is 19.1 Å². The Morgan fingerprint density at radius 1 is 1.30 bits per heavy atom. The van der Waals surface area contributed by atoms with Gasteiger partial charge in [0.1, 0.15) is 6.54 Å². The van der Waals surface area contributed by atoms with Crippen LogP contribution in [-0.4, -0.2) is 49.5 Å². The fourth-order valence-corrected chi connectivity index (χ4v) is 2.04. The maximum Gasteiger partial charge on any atom is 0.411 e. The Morgan fingerprint density at radius 3 is 2.60 bits per heavy atom. The summed E-state index contributed by atoms with van der Waals surface area (Å²) in [6.07, 6.45) is -1.25. The number of carbonyl (C=O) groups excluding carboxylic acids is 2. The molecule has 1 aliphatic rings. The number of carbonyl (C=O) groups is 2. The largest absolute Gasteiger partial charge is 0.453 e. The van der Waals surface area contributed by atoms with Gasteiger partial charge < -0.3 is 9.47 Å². The third-order valence-electron chi connectivity index (χ3n) is 2.89. The first-order chi connectivity index (χ1) is 9.69. The van der Waals surface area contributed by atoms with Crippen molar-refractivity contribution in [2.75, 3.05) is 27.6 Å². The number of hydrogen-bond acceptors (Lipinski definition) is 5. The molecule has 2 amide bonds. The smallest absolute Gasteiger partial charge is 0.411 e. The van der Waals surface area contributed by atoms with Crippen LogP contribution in [0.1, 0.15) is 11.7 Å². The van der Waals surface area contributed by atoms with Crippen LogP contribution in [0.4, 0.5) is 4.79 Å². The molecule has 0 saturated carbocycles. The second kappa shape index (κ2) is 6.36. The summed E-state index contributed by atoms with van der Waals surface area (Å²) in [5.41, 5.74) is 0.750. The van der Waals surface area contributed by atoms with Crippen LogP contribution in [0.25, 0.3) is 0 Å². The summed E-state index contributed by atoms with van der Waals surface area (Å²) in [5.74, 6) is -0.332. The van der Waals surface area contributed by atoms with Crippen LogP contribution in [0.5, 0.6) is 0 Å². The lowest BCUT2D eigenvalue weighted by Gasteiger charge is -2.28. The first-order valence-electron chi connectivity index (χ1n) is 6.02. The van der Waals surface area contributed by atoms with E-state index in [0.29, 0.717) is 0 Å². The van der Waals surface area contributed by atoms with Gasteiger partial charge in [0.2, 0.25) is 0 Å². The molecule has 1 unspecified atom stereocenters. The van der Waals surface area contributed by atoms with Gasteiger partial charge in [-0.3, -0.25) is 9.69 Å². The first-order valence-corrected chi connectivity index (χ1v) is 6.02. The molecule has 1 heterocycles. The highest BCUT2D eigenvalue weighted by molar-refractivity contribution is 5.85. The maximum atomic E-state index is 12.0. The molecule has 0 aromatic heterocycles. The van der Waals surface area contributed by atoms with Crippen molar-refractivity contribution in [3.63, 3.8) is 0 Å². The molecule has 1 aliphatic heterocycles. The molecule has 0 bridgehead atoms. The van der Waals surface area contributed by atoms with Crippen molar-refractivity contribution in [2.24, 2.45) is 0 Å². The third-order valence-corrected chi connectivity index (χ3v) is 2.89. The van der Waals surface area contributed by atoms with Crippen LogP contribution < -0.4 is 0 Å². The van der Waals surface area contributed by atoms with Crippen molar-refractivity contribution in [1.82, 2.24) is 9.96 Å². The fourth-order valence-electron chi connectivity index (χ4n) is 2.04. The number of rotatable bonds is 4. The van der Waals surface area contributed by atoms with E-state index in [1.54, 1.807) is 0 Å². The van der Waals surface area contributed by atoms with Crippen molar-refractivity contribution < 1.29 is 23.9 Å². The van der Waals surface area contributed by atoms with Gasteiger partial charge in [0.25, 0.3) is 5.91 Å². The van der Waals surface area contributed by atoms with Gasteiger partial charge >= 0.3 is 6.09 Å². The lowest BCUT2D eigenvalue weighted by atomic mass is 10.1. The standard InChI is InChI=1S/C13H16N2O5/c1-18-9-20-15-11(16)8-14(13(17)19-2)12(15)10-6-4-3-5-7-10/h3-7,12H,8-9H2,1-2H3. The molecule has 7 heteroatoms. The molecule has 0 spiro atoms. The van der Waals surface area contributed by atoms with Gasteiger partial charge in [0, 0.05) is 7.11 Å². The summed E-state index contributed by atoms with van der Waals surface area (Å²) >= 11 is 0. The van der Waals surface area contributed by atoms with Gasteiger partial charge in [-0.2, -0.15) is 5.06 Å². The van der Waals surface area contributed by atoms with Gasteiger partial charge in [-0.05, 0) is 5.56 Å². The topological polar surface area (TPSA) is 68.3 Å². The average molecular weight is 280 g/mol. The van der Waals surface area contributed by atoms with E-state index >= 15 is 0 Å². The quantitative estimate of drug-likeness (QED) is 0.773. The summed E-state index contributed by atoms with van der Waals surface area (Å²) in [6, 6.07) is 9.11. The van der Waals surface area contributed by atoms with Crippen molar-refractivity contribution in [3.05, 3.63) is 35.9 Å². The molecule has 1 atom stereocenters. The van der Waals surface area contributed by atoms with Crippen molar-refractivity contribution in [2.45, 2.75) is 6.17 Å². The van der Waals surface area contributed by atoms with E-state index < -0.39 is 12.3 Å². The maximum absolute atomic E-state index is 12.0. The average Bonchev–Trinajstić information content (AvgIpc) is 2.82. The molecule has 20 heavy (non-hydrogen) atoms. The van der Waals surface area contributed by atoms with E-state index in [2.05, 4.69) is 0 Å². The predicted octanol–water partition coefficient (Wildman–Crippen LogP) is 1.13. The molecule has 0 N–H and O–H groups in total. The minimum atomic E-state index is -0.661. The predicted molar refractivity (Wildman–Crippen MR) is 68.1 cm³/mol. The van der Waals surface area contributed by atoms with Gasteiger partial charge in [-0.1, -0.05) is 30.3 Å². The molecule has 1 aromatic rings. The van der Waals surface area contributed by atoms with Crippen LogP contribution in [0.15, 0.2) is 30.3 Å². The number of hydroxylamine groups is 2. The molecule has 1 aromatic carbocycles. The van der Waals surface area contributed by atoms with E-state index in [-0.39, 0.29) is 19.2 Å². The fraction of sp³-hybridized carbons (Fsp3) is 0.385. The summed E-state index contributed by atoms with van der Waals surface area (Å²) in [4.78, 5) is 30.4. The lowest BCUT2D eigenvalue weighted by Crippen LogP contribution is -2.35. The van der Waals surface area contributed by atoms with Gasteiger partial charge in [-0.15, -0.1) is 0 Å². The molecule has 0 radical (unpaired) electrons. The number of hydrogen-bond donors (Lipinski definition) is 0. The van der Waals surface area contributed by atoms with Gasteiger partial charge in [0.05, 0.1) is 7.11 Å². The van der Waals surface area contributed by atoms with Crippen molar-refractivity contribution >= 4 is 12.0 Å². The number of amides is 2. The van der Waals surface area contributed by atoms with Gasteiger partial charge in [-0.25, -0.2) is 9.63 Å². The zero-order valence-corrected chi connectivity index (χ0v) is 11.3. The minimum Gasteiger partial charge on any atom is -0.453 e. The van der Waals surface area contributed by atoms with Gasteiger partial charge in [0.15, 0.2) is 13.0 Å². The van der Waals surface area contributed by atoms with Crippen molar-refractivity contribution in [3.8, 4) is 0 Å². The molecule has 0 aliphatic carbocycles. The molecule has 1 fully saturated rings. The second-order valence-corrected chi connectivity index (χ2v) is 4.14. The zero-order chi connectivity index (χ0) is 14.5. The van der Waals surface area contributed by atoms with Crippen molar-refractivity contribution in [1.29, 1.82) is 0 Å². The van der Waals surface area contributed by atoms with E-state index in [4.69, 9.17) is 14.3 Å². The molecule has 7 nitrogen and oxygen atoms in total. The van der Waals surface area contributed by atoms with E-state index in [9.17, 15) is 9.59 Å². The lowest BCUT2D eigenvalue weighted by molar-refractivity contribution is -0.232. The van der Waals surface area contributed by atoms with E-state index in [1.807, 2.05) is 30.3 Å². The monoisotopic (exact) mass is 280 g/mol. The van der Waals surface area contributed by atoms with Crippen LogP contribution in [0.3, 0.4) is 0 Å². The summed E-state index contributed by atoms with van der Waals surface area (Å²) < 4.78 is 9.52. The summed E-state index contributed by atoms with van der Waals surface area (Å²) in [7, 11) is 2.73.